The molecule has 1 aliphatic heterocycles. The van der Waals surface area contributed by atoms with Crippen molar-refractivity contribution in [3.63, 3.8) is 0 Å². The van der Waals surface area contributed by atoms with Crippen LogP contribution in [-0.2, 0) is 9.84 Å². The fraction of sp³-hybridized carbons (Fsp3) is 0.600. The first kappa shape index (κ1) is 15.2. The van der Waals surface area contributed by atoms with Crippen LogP contribution in [0.5, 0.6) is 0 Å². The summed E-state index contributed by atoms with van der Waals surface area (Å²) in [4.78, 5) is 2.39. The van der Waals surface area contributed by atoms with Gasteiger partial charge in [0, 0.05) is 25.4 Å². The van der Waals surface area contributed by atoms with Gasteiger partial charge in [-0.25, -0.2) is 8.42 Å². The molecule has 0 saturated carbocycles. The number of benzene rings is 1. The minimum absolute atomic E-state index is 0.0871. The van der Waals surface area contributed by atoms with E-state index in [1.165, 1.54) is 31.2 Å². The molecule has 1 aromatic carbocycles. The number of anilines is 2. The van der Waals surface area contributed by atoms with Gasteiger partial charge in [0.2, 0.25) is 0 Å². The van der Waals surface area contributed by atoms with Crippen molar-refractivity contribution in [2.75, 3.05) is 35.3 Å². The van der Waals surface area contributed by atoms with Crippen molar-refractivity contribution in [1.82, 2.24) is 0 Å². The maximum Gasteiger partial charge on any atom is 0.149 e. The zero-order chi connectivity index (χ0) is 14.6. The average molecular weight is 296 g/mol. The van der Waals surface area contributed by atoms with Gasteiger partial charge in [-0.2, -0.15) is 0 Å². The third-order valence-electron chi connectivity index (χ3n) is 3.56. The molecule has 0 bridgehead atoms. The zero-order valence-corrected chi connectivity index (χ0v) is 13.1. The van der Waals surface area contributed by atoms with Crippen molar-refractivity contribution in [2.24, 2.45) is 0 Å². The Balaban J connectivity index is 2.11. The highest BCUT2D eigenvalue weighted by Gasteiger charge is 2.16. The summed E-state index contributed by atoms with van der Waals surface area (Å²) in [6.07, 6.45) is 5.04. The third-order valence-corrected chi connectivity index (χ3v) is 4.66. The summed E-state index contributed by atoms with van der Waals surface area (Å²) in [5.74, 6) is 0.154. The van der Waals surface area contributed by atoms with Crippen molar-refractivity contribution in [3.8, 4) is 0 Å². The Hall–Kier alpha value is -1.23. The van der Waals surface area contributed by atoms with E-state index in [1.54, 1.807) is 0 Å². The second-order valence-electron chi connectivity index (χ2n) is 5.70. The molecule has 1 unspecified atom stereocenters. The van der Waals surface area contributed by atoms with E-state index in [9.17, 15) is 8.42 Å². The van der Waals surface area contributed by atoms with Crippen LogP contribution in [-0.4, -0.2) is 39.6 Å². The van der Waals surface area contributed by atoms with E-state index >= 15 is 0 Å². The van der Waals surface area contributed by atoms with Gasteiger partial charge < -0.3 is 10.2 Å². The Morgan fingerprint density at radius 3 is 2.50 bits per heavy atom. The van der Waals surface area contributed by atoms with Crippen LogP contribution in [0, 0.1) is 0 Å². The lowest BCUT2D eigenvalue weighted by molar-refractivity contribution is 0.578. The van der Waals surface area contributed by atoms with Gasteiger partial charge in [-0.15, -0.1) is 0 Å². The molecule has 0 radical (unpaired) electrons. The van der Waals surface area contributed by atoms with E-state index in [0.717, 1.165) is 18.8 Å². The second-order valence-corrected chi connectivity index (χ2v) is 7.89. The molecule has 1 saturated heterocycles. The van der Waals surface area contributed by atoms with Crippen LogP contribution < -0.4 is 10.2 Å². The van der Waals surface area contributed by atoms with Crippen molar-refractivity contribution in [1.29, 1.82) is 0 Å². The summed E-state index contributed by atoms with van der Waals surface area (Å²) in [7, 11) is -2.96. The van der Waals surface area contributed by atoms with Crippen molar-refractivity contribution in [3.05, 3.63) is 24.3 Å². The molecule has 112 valence electrons. The molecule has 0 spiro atoms. The van der Waals surface area contributed by atoms with Crippen LogP contribution in [0.25, 0.3) is 0 Å². The predicted octanol–water partition coefficient (Wildman–Crippen LogP) is 2.52. The molecule has 1 aromatic rings. The lowest BCUT2D eigenvalue weighted by atomic mass is 10.1. The minimum Gasteiger partial charge on any atom is -0.380 e. The molecule has 0 amide bonds. The standard InChI is InChI=1S/C15H24N2O2S/c1-13(12-20(2,18)19)16-14-8-4-5-9-15(14)17-10-6-3-7-11-17/h4-5,8-9,13,16H,3,6-7,10-12H2,1-2H3. The molecule has 20 heavy (non-hydrogen) atoms. The topological polar surface area (TPSA) is 49.4 Å². The zero-order valence-electron chi connectivity index (χ0n) is 12.3. The van der Waals surface area contributed by atoms with Gasteiger partial charge in [-0.05, 0) is 38.3 Å². The summed E-state index contributed by atoms with van der Waals surface area (Å²) < 4.78 is 22.7. The minimum atomic E-state index is -2.96. The summed E-state index contributed by atoms with van der Waals surface area (Å²) in [6, 6.07) is 8.08. The summed E-state index contributed by atoms with van der Waals surface area (Å²) in [6.45, 7) is 4.08. The number of sulfone groups is 1. The Morgan fingerprint density at radius 2 is 1.85 bits per heavy atom. The van der Waals surface area contributed by atoms with E-state index in [4.69, 9.17) is 0 Å². The fourth-order valence-corrected chi connectivity index (χ4v) is 3.76. The molecular formula is C15H24N2O2S. The molecule has 1 N–H and O–H groups in total. The maximum atomic E-state index is 11.4. The van der Waals surface area contributed by atoms with Gasteiger partial charge >= 0.3 is 0 Å². The molecule has 0 aromatic heterocycles. The quantitative estimate of drug-likeness (QED) is 0.907. The molecule has 1 aliphatic rings. The Bertz CT molecular complexity index is 537. The van der Waals surface area contributed by atoms with Crippen LogP contribution in [0.4, 0.5) is 11.4 Å². The summed E-state index contributed by atoms with van der Waals surface area (Å²) >= 11 is 0. The highest BCUT2D eigenvalue weighted by molar-refractivity contribution is 7.90. The lowest BCUT2D eigenvalue weighted by Gasteiger charge is -2.31. The lowest BCUT2D eigenvalue weighted by Crippen LogP contribution is -2.31. The van der Waals surface area contributed by atoms with Crippen molar-refractivity contribution >= 4 is 21.2 Å². The number of piperidine rings is 1. The number of nitrogens with one attached hydrogen (secondary N) is 1. The summed E-state index contributed by atoms with van der Waals surface area (Å²) in [5, 5.41) is 3.34. The average Bonchev–Trinajstić information content (AvgIpc) is 2.38. The van der Waals surface area contributed by atoms with E-state index in [-0.39, 0.29) is 11.8 Å². The maximum absolute atomic E-state index is 11.4. The van der Waals surface area contributed by atoms with Gasteiger partial charge in [0.25, 0.3) is 0 Å². The molecule has 0 aliphatic carbocycles. The molecule has 2 rings (SSSR count). The Morgan fingerprint density at radius 1 is 1.20 bits per heavy atom. The molecule has 5 heteroatoms. The number of hydrogen-bond donors (Lipinski definition) is 1. The summed E-state index contributed by atoms with van der Waals surface area (Å²) in [5.41, 5.74) is 2.22. The van der Waals surface area contributed by atoms with Crippen LogP contribution in [0.3, 0.4) is 0 Å². The molecule has 1 fully saturated rings. The molecule has 1 atom stereocenters. The molecule has 4 nitrogen and oxygen atoms in total. The van der Waals surface area contributed by atoms with Crippen LogP contribution in [0.15, 0.2) is 24.3 Å². The monoisotopic (exact) mass is 296 g/mol. The smallest absolute Gasteiger partial charge is 0.149 e. The van der Waals surface area contributed by atoms with Gasteiger partial charge in [0.1, 0.15) is 9.84 Å². The number of nitrogens with zero attached hydrogens (tertiary/aromatic N) is 1. The first-order chi connectivity index (χ1) is 9.46. The normalized spacial score (nSPS) is 17.8. The van der Waals surface area contributed by atoms with Gasteiger partial charge in [0.15, 0.2) is 0 Å². The number of rotatable bonds is 5. The van der Waals surface area contributed by atoms with Gasteiger partial charge in [-0.3, -0.25) is 0 Å². The SMILES string of the molecule is CC(CS(C)(=O)=O)Nc1ccccc1N1CCCCC1. The van der Waals surface area contributed by atoms with Gasteiger partial charge in [0.05, 0.1) is 17.1 Å². The molecule has 1 heterocycles. The van der Waals surface area contributed by atoms with Crippen molar-refractivity contribution < 1.29 is 8.42 Å². The van der Waals surface area contributed by atoms with E-state index in [1.807, 2.05) is 25.1 Å². The highest BCUT2D eigenvalue weighted by Crippen LogP contribution is 2.28. The van der Waals surface area contributed by atoms with E-state index in [2.05, 4.69) is 16.3 Å². The molecular weight excluding hydrogens is 272 g/mol. The van der Waals surface area contributed by atoms with E-state index < -0.39 is 9.84 Å². The predicted molar refractivity (Wildman–Crippen MR) is 85.3 cm³/mol. The van der Waals surface area contributed by atoms with Crippen LogP contribution in [0.2, 0.25) is 0 Å². The Kier molecular flexibility index (Phi) is 4.91. The second kappa shape index (κ2) is 6.48. The number of para-hydroxylation sites is 2. The highest BCUT2D eigenvalue weighted by atomic mass is 32.2. The van der Waals surface area contributed by atoms with E-state index in [0.29, 0.717) is 0 Å². The fourth-order valence-electron chi connectivity index (χ4n) is 2.77. The van der Waals surface area contributed by atoms with Crippen LogP contribution in [0.1, 0.15) is 26.2 Å². The Labute approximate surface area is 122 Å². The third kappa shape index (κ3) is 4.40. The largest absolute Gasteiger partial charge is 0.380 e. The first-order valence-electron chi connectivity index (χ1n) is 7.24. The van der Waals surface area contributed by atoms with Crippen LogP contribution >= 0.6 is 0 Å². The van der Waals surface area contributed by atoms with Gasteiger partial charge in [-0.1, -0.05) is 12.1 Å². The first-order valence-corrected chi connectivity index (χ1v) is 9.30. The van der Waals surface area contributed by atoms with Crippen molar-refractivity contribution in [2.45, 2.75) is 32.2 Å². The number of hydrogen-bond acceptors (Lipinski definition) is 4.